The van der Waals surface area contributed by atoms with Gasteiger partial charge in [-0.2, -0.15) is 5.10 Å². The van der Waals surface area contributed by atoms with Gasteiger partial charge in [-0.3, -0.25) is 4.79 Å². The van der Waals surface area contributed by atoms with E-state index in [2.05, 4.69) is 10.4 Å². The minimum Gasteiger partial charge on any atom is -0.484 e. The molecule has 0 fully saturated rings. The van der Waals surface area contributed by atoms with Crippen molar-refractivity contribution in [2.24, 2.45) is 0 Å². The number of aryl methyl sites for hydroxylation is 1. The Labute approximate surface area is 157 Å². The van der Waals surface area contributed by atoms with Crippen LogP contribution in [0, 0.1) is 13.8 Å². The van der Waals surface area contributed by atoms with Crippen molar-refractivity contribution in [3.63, 3.8) is 0 Å². The third-order valence-electron chi connectivity index (χ3n) is 4.07. The number of ether oxygens (including phenoxy) is 1. The molecule has 2 aromatic carbocycles. The van der Waals surface area contributed by atoms with Crippen LogP contribution < -0.4 is 10.1 Å². The van der Waals surface area contributed by atoms with Gasteiger partial charge in [0.1, 0.15) is 5.75 Å². The molecule has 1 N–H and O–H groups in total. The number of benzene rings is 2. The first-order valence-electron chi connectivity index (χ1n) is 8.30. The van der Waals surface area contributed by atoms with E-state index in [4.69, 9.17) is 16.3 Å². The van der Waals surface area contributed by atoms with Gasteiger partial charge in [0.2, 0.25) is 0 Å². The number of nitrogens with one attached hydrogen (secondary N) is 1. The van der Waals surface area contributed by atoms with Crippen molar-refractivity contribution in [2.45, 2.75) is 20.4 Å². The lowest BCUT2D eigenvalue weighted by Gasteiger charge is -2.09. The molecule has 0 aliphatic carbocycles. The summed E-state index contributed by atoms with van der Waals surface area (Å²) >= 11 is 5.90. The normalized spacial score (nSPS) is 10.6. The van der Waals surface area contributed by atoms with Gasteiger partial charge in [-0.25, -0.2) is 4.68 Å². The number of nitrogens with zero attached hydrogens (tertiary/aromatic N) is 2. The predicted octanol–water partition coefficient (Wildman–Crippen LogP) is 3.84. The Balaban J connectivity index is 1.61. The predicted molar refractivity (Wildman–Crippen MR) is 102 cm³/mol. The van der Waals surface area contributed by atoms with Gasteiger partial charge in [0.05, 0.1) is 11.4 Å². The maximum atomic E-state index is 12.1. The van der Waals surface area contributed by atoms with Gasteiger partial charge in [0, 0.05) is 22.8 Å². The van der Waals surface area contributed by atoms with Gasteiger partial charge in [-0.15, -0.1) is 0 Å². The molecule has 6 heteroatoms. The third-order valence-corrected chi connectivity index (χ3v) is 4.31. The van der Waals surface area contributed by atoms with E-state index in [-0.39, 0.29) is 12.5 Å². The summed E-state index contributed by atoms with van der Waals surface area (Å²) in [4.78, 5) is 12.1. The molecule has 5 nitrogen and oxygen atoms in total. The average molecular weight is 370 g/mol. The Morgan fingerprint density at radius 2 is 1.92 bits per heavy atom. The van der Waals surface area contributed by atoms with Crippen LogP contribution >= 0.6 is 11.6 Å². The van der Waals surface area contributed by atoms with Crippen molar-refractivity contribution in [3.8, 4) is 11.4 Å². The smallest absolute Gasteiger partial charge is 0.258 e. The zero-order valence-electron chi connectivity index (χ0n) is 14.7. The summed E-state index contributed by atoms with van der Waals surface area (Å²) in [7, 11) is 0. The van der Waals surface area contributed by atoms with Gasteiger partial charge >= 0.3 is 0 Å². The van der Waals surface area contributed by atoms with Gasteiger partial charge in [-0.1, -0.05) is 35.9 Å². The van der Waals surface area contributed by atoms with E-state index < -0.39 is 0 Å². The second-order valence-corrected chi connectivity index (χ2v) is 6.36. The number of hydrogen-bond acceptors (Lipinski definition) is 3. The SMILES string of the molecule is Cc1nn(-c2ccccc2)c(C)c1CNC(=O)COc1cccc(Cl)c1. The molecular weight excluding hydrogens is 350 g/mol. The first kappa shape index (κ1) is 18.0. The van der Waals surface area contributed by atoms with Crippen LogP contribution in [0.25, 0.3) is 5.69 Å². The zero-order valence-corrected chi connectivity index (χ0v) is 15.5. The first-order chi connectivity index (χ1) is 12.5. The lowest BCUT2D eigenvalue weighted by atomic mass is 10.2. The van der Waals surface area contributed by atoms with Crippen molar-refractivity contribution in [1.29, 1.82) is 0 Å². The maximum Gasteiger partial charge on any atom is 0.258 e. The molecule has 26 heavy (non-hydrogen) atoms. The fourth-order valence-electron chi connectivity index (χ4n) is 2.70. The van der Waals surface area contributed by atoms with Crippen molar-refractivity contribution in [3.05, 3.63) is 76.6 Å². The monoisotopic (exact) mass is 369 g/mol. The Bertz CT molecular complexity index is 907. The third kappa shape index (κ3) is 4.24. The van der Waals surface area contributed by atoms with Gasteiger partial charge < -0.3 is 10.1 Å². The molecule has 1 aromatic heterocycles. The molecule has 0 unspecified atom stereocenters. The molecule has 1 heterocycles. The summed E-state index contributed by atoms with van der Waals surface area (Å²) in [6, 6.07) is 16.9. The number of halogens is 1. The highest BCUT2D eigenvalue weighted by atomic mass is 35.5. The van der Waals surface area contributed by atoms with Crippen LogP contribution in [0.1, 0.15) is 17.0 Å². The number of rotatable bonds is 6. The van der Waals surface area contributed by atoms with E-state index in [1.54, 1.807) is 24.3 Å². The molecule has 0 bridgehead atoms. The number of amides is 1. The van der Waals surface area contributed by atoms with E-state index in [1.807, 2.05) is 48.9 Å². The molecule has 0 saturated heterocycles. The standard InChI is InChI=1S/C20H20ClN3O2/c1-14-19(15(2)24(23-14)17-8-4-3-5-9-17)12-22-20(25)13-26-18-10-6-7-16(21)11-18/h3-11H,12-13H2,1-2H3,(H,22,25). The number of para-hydroxylation sites is 1. The van der Waals surface area contributed by atoms with E-state index in [9.17, 15) is 4.79 Å². The van der Waals surface area contributed by atoms with E-state index in [1.165, 1.54) is 0 Å². The molecule has 1 amide bonds. The Hall–Kier alpha value is -2.79. The second kappa shape index (κ2) is 8.06. The Morgan fingerprint density at radius 3 is 2.65 bits per heavy atom. The molecule has 3 rings (SSSR count). The van der Waals surface area contributed by atoms with Crippen molar-refractivity contribution < 1.29 is 9.53 Å². The number of carbonyl (C=O) groups excluding carboxylic acids is 1. The summed E-state index contributed by atoms with van der Waals surface area (Å²) in [6.07, 6.45) is 0. The quantitative estimate of drug-likeness (QED) is 0.718. The minimum atomic E-state index is -0.198. The first-order valence-corrected chi connectivity index (χ1v) is 8.68. The molecule has 0 atom stereocenters. The average Bonchev–Trinajstić information content (AvgIpc) is 2.93. The van der Waals surface area contributed by atoms with E-state index in [0.717, 1.165) is 22.6 Å². The number of hydrogen-bond donors (Lipinski definition) is 1. The molecule has 0 saturated carbocycles. The van der Waals surface area contributed by atoms with Crippen LogP contribution in [0.3, 0.4) is 0 Å². The molecule has 0 spiro atoms. The van der Waals surface area contributed by atoms with Crippen LogP contribution in [0.2, 0.25) is 5.02 Å². The topological polar surface area (TPSA) is 56.2 Å². The number of aromatic nitrogens is 2. The van der Waals surface area contributed by atoms with Crippen LogP contribution in [0.15, 0.2) is 54.6 Å². The molecule has 0 aliphatic heterocycles. The van der Waals surface area contributed by atoms with Crippen LogP contribution in [0.4, 0.5) is 0 Å². The maximum absolute atomic E-state index is 12.1. The number of carbonyl (C=O) groups is 1. The highest BCUT2D eigenvalue weighted by Crippen LogP contribution is 2.18. The van der Waals surface area contributed by atoms with Crippen LogP contribution in [-0.4, -0.2) is 22.3 Å². The zero-order chi connectivity index (χ0) is 18.5. The van der Waals surface area contributed by atoms with E-state index >= 15 is 0 Å². The largest absolute Gasteiger partial charge is 0.484 e. The Morgan fingerprint density at radius 1 is 1.15 bits per heavy atom. The summed E-state index contributed by atoms with van der Waals surface area (Å²) in [5, 5.41) is 8.03. The van der Waals surface area contributed by atoms with Crippen molar-refractivity contribution in [1.82, 2.24) is 15.1 Å². The fourth-order valence-corrected chi connectivity index (χ4v) is 2.88. The molecule has 0 radical (unpaired) electrons. The highest BCUT2D eigenvalue weighted by molar-refractivity contribution is 6.30. The van der Waals surface area contributed by atoms with Crippen LogP contribution in [-0.2, 0) is 11.3 Å². The summed E-state index contributed by atoms with van der Waals surface area (Å²) in [6.45, 7) is 4.28. The Kier molecular flexibility index (Phi) is 5.58. The van der Waals surface area contributed by atoms with Crippen LogP contribution in [0.5, 0.6) is 5.75 Å². The summed E-state index contributed by atoms with van der Waals surface area (Å²) < 4.78 is 7.34. The van der Waals surface area contributed by atoms with E-state index in [0.29, 0.717) is 17.3 Å². The summed E-state index contributed by atoms with van der Waals surface area (Å²) in [5.74, 6) is 0.369. The lowest BCUT2D eigenvalue weighted by Crippen LogP contribution is -2.28. The molecule has 0 aliphatic rings. The van der Waals surface area contributed by atoms with Gasteiger partial charge in [0.25, 0.3) is 5.91 Å². The molecular formula is C20H20ClN3O2. The van der Waals surface area contributed by atoms with Gasteiger partial charge in [-0.05, 0) is 44.2 Å². The fraction of sp³-hybridized carbons (Fsp3) is 0.200. The molecule has 3 aromatic rings. The second-order valence-electron chi connectivity index (χ2n) is 5.92. The van der Waals surface area contributed by atoms with Crippen molar-refractivity contribution in [2.75, 3.05) is 6.61 Å². The highest BCUT2D eigenvalue weighted by Gasteiger charge is 2.13. The minimum absolute atomic E-state index is 0.0642. The lowest BCUT2D eigenvalue weighted by molar-refractivity contribution is -0.123. The summed E-state index contributed by atoms with van der Waals surface area (Å²) in [5.41, 5.74) is 3.90. The van der Waals surface area contributed by atoms with Gasteiger partial charge in [0.15, 0.2) is 6.61 Å². The molecule has 134 valence electrons. The van der Waals surface area contributed by atoms with Crippen molar-refractivity contribution >= 4 is 17.5 Å².